The third kappa shape index (κ3) is 3.28. The molecule has 3 nitrogen and oxygen atoms in total. The molecule has 1 amide bonds. The molecule has 0 bridgehead atoms. The minimum atomic E-state index is -0.522. The molecule has 5 heteroatoms. The second kappa shape index (κ2) is 5.92. The molecule has 0 saturated carbocycles. The molecule has 2 unspecified atom stereocenters. The van der Waals surface area contributed by atoms with Gasteiger partial charge in [-0.3, -0.25) is 4.79 Å². The van der Waals surface area contributed by atoms with Crippen LogP contribution in [0, 0.1) is 11.7 Å². The Labute approximate surface area is 117 Å². The van der Waals surface area contributed by atoms with E-state index in [1.165, 1.54) is 12.1 Å². The third-order valence-electron chi connectivity index (χ3n) is 3.35. The Morgan fingerprint density at radius 3 is 2.95 bits per heavy atom. The van der Waals surface area contributed by atoms with Crippen molar-refractivity contribution in [2.45, 2.75) is 37.2 Å². The van der Waals surface area contributed by atoms with Crippen LogP contribution < -0.4 is 11.1 Å². The van der Waals surface area contributed by atoms with Crippen LogP contribution in [0.2, 0.25) is 0 Å². The number of nitrogens with one attached hydrogen (secondary N) is 1. The highest BCUT2D eigenvalue weighted by molar-refractivity contribution is 7.99. The summed E-state index contributed by atoms with van der Waals surface area (Å²) < 4.78 is 13.3. The summed E-state index contributed by atoms with van der Waals surface area (Å²) in [5.41, 5.74) is 6.70. The van der Waals surface area contributed by atoms with E-state index < -0.39 is 6.04 Å². The first-order valence-corrected chi connectivity index (χ1v) is 7.46. The number of hydrogen-bond donors (Lipinski definition) is 2. The fraction of sp³-hybridized carbons (Fsp3) is 0.500. The number of amides is 1. The summed E-state index contributed by atoms with van der Waals surface area (Å²) in [5, 5.41) is 2.94. The van der Waals surface area contributed by atoms with Crippen molar-refractivity contribution < 1.29 is 9.18 Å². The lowest BCUT2D eigenvalue weighted by Gasteiger charge is -2.27. The van der Waals surface area contributed by atoms with Crippen LogP contribution in [-0.4, -0.2) is 17.7 Å². The van der Waals surface area contributed by atoms with Crippen LogP contribution in [0.5, 0.6) is 0 Å². The van der Waals surface area contributed by atoms with Crippen LogP contribution in [0.1, 0.15) is 31.9 Å². The molecule has 3 N–H and O–H groups in total. The molecule has 0 spiro atoms. The fourth-order valence-corrected chi connectivity index (χ4v) is 3.19. The van der Waals surface area contributed by atoms with Crippen LogP contribution in [-0.2, 0) is 4.79 Å². The summed E-state index contributed by atoms with van der Waals surface area (Å²) in [6, 6.07) is 4.08. The number of halogens is 1. The zero-order valence-electron chi connectivity index (χ0n) is 11.2. The molecular weight excluding hydrogens is 263 g/mol. The smallest absolute Gasteiger partial charge is 0.237 e. The summed E-state index contributed by atoms with van der Waals surface area (Å²) in [6.07, 6.45) is 0.803. The van der Waals surface area contributed by atoms with Crippen molar-refractivity contribution in [2.75, 3.05) is 5.75 Å². The van der Waals surface area contributed by atoms with Gasteiger partial charge in [0.2, 0.25) is 5.91 Å². The van der Waals surface area contributed by atoms with Crippen molar-refractivity contribution in [3.05, 3.63) is 29.6 Å². The quantitative estimate of drug-likeness (QED) is 0.895. The van der Waals surface area contributed by atoms with Crippen molar-refractivity contribution in [3.63, 3.8) is 0 Å². The molecule has 1 heterocycles. The van der Waals surface area contributed by atoms with Gasteiger partial charge in [-0.15, -0.1) is 11.8 Å². The van der Waals surface area contributed by atoms with Crippen molar-refractivity contribution in [1.29, 1.82) is 0 Å². The van der Waals surface area contributed by atoms with Gasteiger partial charge in [-0.25, -0.2) is 4.39 Å². The maximum atomic E-state index is 13.3. The van der Waals surface area contributed by atoms with Gasteiger partial charge in [0, 0.05) is 10.6 Å². The fourth-order valence-electron chi connectivity index (χ4n) is 2.09. The molecule has 1 aliphatic rings. The number of carbonyl (C=O) groups is 1. The number of fused-ring (bicyclic) bond motifs is 1. The van der Waals surface area contributed by atoms with Gasteiger partial charge in [-0.05, 0) is 36.1 Å². The van der Waals surface area contributed by atoms with E-state index in [-0.39, 0.29) is 23.7 Å². The molecule has 0 saturated heterocycles. The van der Waals surface area contributed by atoms with Crippen molar-refractivity contribution in [1.82, 2.24) is 5.32 Å². The van der Waals surface area contributed by atoms with Gasteiger partial charge in [-0.1, -0.05) is 13.8 Å². The number of thioether (sulfide) groups is 1. The van der Waals surface area contributed by atoms with E-state index in [2.05, 4.69) is 5.32 Å². The molecule has 19 heavy (non-hydrogen) atoms. The standard InChI is InChI=1S/C14H19FN2OS/c1-8(2)13(16)14(18)17-11-5-6-19-12-4-3-9(15)7-10(11)12/h3-4,7-8,11,13H,5-6,16H2,1-2H3,(H,17,18). The monoisotopic (exact) mass is 282 g/mol. The Hall–Kier alpha value is -1.07. The van der Waals surface area contributed by atoms with E-state index in [0.717, 1.165) is 22.6 Å². The van der Waals surface area contributed by atoms with Crippen molar-refractivity contribution in [3.8, 4) is 0 Å². The van der Waals surface area contributed by atoms with Gasteiger partial charge >= 0.3 is 0 Å². The van der Waals surface area contributed by atoms with E-state index in [4.69, 9.17) is 5.73 Å². The number of rotatable bonds is 3. The van der Waals surface area contributed by atoms with Crippen LogP contribution in [0.4, 0.5) is 4.39 Å². The third-order valence-corrected chi connectivity index (χ3v) is 4.47. The van der Waals surface area contributed by atoms with Gasteiger partial charge < -0.3 is 11.1 Å². The van der Waals surface area contributed by atoms with Gasteiger partial charge in [-0.2, -0.15) is 0 Å². The minimum Gasteiger partial charge on any atom is -0.348 e. The molecule has 1 aromatic rings. The Balaban J connectivity index is 2.15. The largest absolute Gasteiger partial charge is 0.348 e. The SMILES string of the molecule is CC(C)C(N)C(=O)NC1CCSc2ccc(F)cc21. The summed E-state index contributed by atoms with van der Waals surface area (Å²) in [7, 11) is 0. The maximum absolute atomic E-state index is 13.3. The van der Waals surface area contributed by atoms with E-state index in [0.29, 0.717) is 0 Å². The molecule has 0 radical (unpaired) electrons. The predicted octanol–water partition coefficient (Wildman–Crippen LogP) is 2.46. The Morgan fingerprint density at radius 2 is 2.26 bits per heavy atom. The molecule has 2 atom stereocenters. The van der Waals surface area contributed by atoms with E-state index >= 15 is 0 Å². The number of nitrogens with two attached hydrogens (primary N) is 1. The topological polar surface area (TPSA) is 55.1 Å². The average molecular weight is 282 g/mol. The minimum absolute atomic E-state index is 0.0879. The summed E-state index contributed by atoms with van der Waals surface area (Å²) >= 11 is 1.69. The molecule has 0 aromatic heterocycles. The van der Waals surface area contributed by atoms with E-state index in [9.17, 15) is 9.18 Å². The number of hydrogen-bond acceptors (Lipinski definition) is 3. The summed E-state index contributed by atoms with van der Waals surface area (Å²) in [4.78, 5) is 13.0. The first-order valence-electron chi connectivity index (χ1n) is 6.47. The van der Waals surface area contributed by atoms with Gasteiger partial charge in [0.15, 0.2) is 0 Å². The predicted molar refractivity (Wildman–Crippen MR) is 75.4 cm³/mol. The molecule has 0 aliphatic carbocycles. The summed E-state index contributed by atoms with van der Waals surface area (Å²) in [5.74, 6) is 0.571. The molecule has 104 valence electrons. The summed E-state index contributed by atoms with van der Waals surface area (Å²) in [6.45, 7) is 3.82. The van der Waals surface area contributed by atoms with Crippen molar-refractivity contribution in [2.24, 2.45) is 11.7 Å². The zero-order valence-corrected chi connectivity index (χ0v) is 12.0. The maximum Gasteiger partial charge on any atom is 0.237 e. The first-order chi connectivity index (χ1) is 8.99. The van der Waals surface area contributed by atoms with Crippen LogP contribution >= 0.6 is 11.8 Å². The zero-order chi connectivity index (χ0) is 14.0. The number of carbonyl (C=O) groups excluding carboxylic acids is 1. The van der Waals surface area contributed by atoms with Crippen LogP contribution in [0.25, 0.3) is 0 Å². The Morgan fingerprint density at radius 1 is 1.53 bits per heavy atom. The lowest BCUT2D eigenvalue weighted by molar-refractivity contribution is -0.124. The van der Waals surface area contributed by atoms with E-state index in [1.807, 2.05) is 13.8 Å². The van der Waals surface area contributed by atoms with Gasteiger partial charge in [0.1, 0.15) is 5.82 Å². The average Bonchev–Trinajstić information content (AvgIpc) is 2.38. The Bertz CT molecular complexity index is 479. The normalized spacial score (nSPS) is 19.9. The highest BCUT2D eigenvalue weighted by Gasteiger charge is 2.25. The second-order valence-electron chi connectivity index (χ2n) is 5.15. The highest BCUT2D eigenvalue weighted by Crippen LogP contribution is 2.36. The van der Waals surface area contributed by atoms with E-state index in [1.54, 1.807) is 17.8 Å². The lowest BCUT2D eigenvalue weighted by atomic mass is 10.0. The van der Waals surface area contributed by atoms with Crippen LogP contribution in [0.3, 0.4) is 0 Å². The molecule has 2 rings (SSSR count). The van der Waals surface area contributed by atoms with Gasteiger partial charge in [0.05, 0.1) is 12.1 Å². The molecule has 1 aliphatic heterocycles. The molecular formula is C14H19FN2OS. The Kier molecular flexibility index (Phi) is 4.47. The molecule has 1 aromatic carbocycles. The highest BCUT2D eigenvalue weighted by atomic mass is 32.2. The number of benzene rings is 1. The van der Waals surface area contributed by atoms with Crippen molar-refractivity contribution >= 4 is 17.7 Å². The molecule has 0 fully saturated rings. The van der Waals surface area contributed by atoms with Crippen LogP contribution in [0.15, 0.2) is 23.1 Å². The lowest BCUT2D eigenvalue weighted by Crippen LogP contribution is -2.45. The van der Waals surface area contributed by atoms with Gasteiger partial charge in [0.25, 0.3) is 0 Å². The second-order valence-corrected chi connectivity index (χ2v) is 6.29. The first kappa shape index (κ1) is 14.3.